The third kappa shape index (κ3) is 3.53. The maximum atomic E-state index is 8.87. The zero-order valence-electron chi connectivity index (χ0n) is 8.79. The predicted molar refractivity (Wildman–Crippen MR) is 60.9 cm³/mol. The van der Waals surface area contributed by atoms with Crippen LogP contribution in [-0.4, -0.2) is 27.2 Å². The number of nitrogens with two attached hydrogens (primary N) is 1. The second-order valence-electron chi connectivity index (χ2n) is 3.91. The van der Waals surface area contributed by atoms with E-state index in [0.29, 0.717) is 17.3 Å². The van der Waals surface area contributed by atoms with Gasteiger partial charge in [0.2, 0.25) is 5.95 Å². The van der Waals surface area contributed by atoms with E-state index in [4.69, 9.17) is 22.4 Å². The molecule has 0 spiro atoms. The molecule has 4 N–H and O–H groups in total. The number of aliphatic hydroxyl groups is 1. The van der Waals surface area contributed by atoms with Crippen LogP contribution in [0.2, 0.25) is 5.02 Å². The number of nitrogens with one attached hydrogen (secondary N) is 1. The van der Waals surface area contributed by atoms with Crippen molar-refractivity contribution in [3.05, 3.63) is 11.2 Å². The lowest BCUT2D eigenvalue weighted by Crippen LogP contribution is -2.32. The van der Waals surface area contributed by atoms with E-state index in [1.54, 1.807) is 0 Å². The topological polar surface area (TPSA) is 84.1 Å². The van der Waals surface area contributed by atoms with Gasteiger partial charge in [-0.25, -0.2) is 4.98 Å². The molecule has 1 heterocycles. The van der Waals surface area contributed by atoms with Crippen molar-refractivity contribution in [1.82, 2.24) is 9.97 Å². The Labute approximate surface area is 93.7 Å². The van der Waals surface area contributed by atoms with Crippen molar-refractivity contribution >= 4 is 23.4 Å². The van der Waals surface area contributed by atoms with Gasteiger partial charge in [0.1, 0.15) is 5.02 Å². The van der Waals surface area contributed by atoms with Gasteiger partial charge in [0, 0.05) is 12.1 Å². The molecule has 0 bridgehead atoms. The normalized spacial score (nSPS) is 11.5. The molecule has 0 aliphatic heterocycles. The fourth-order valence-electron chi connectivity index (χ4n) is 1.13. The molecule has 1 aromatic heterocycles. The van der Waals surface area contributed by atoms with E-state index in [9.17, 15) is 0 Å². The van der Waals surface area contributed by atoms with Crippen LogP contribution in [0.1, 0.15) is 20.3 Å². The lowest BCUT2D eigenvalue weighted by Gasteiger charge is -2.26. The summed E-state index contributed by atoms with van der Waals surface area (Å²) in [4.78, 5) is 7.74. The maximum Gasteiger partial charge on any atom is 0.222 e. The van der Waals surface area contributed by atoms with Gasteiger partial charge in [-0.05, 0) is 20.3 Å². The highest BCUT2D eigenvalue weighted by Crippen LogP contribution is 2.23. The van der Waals surface area contributed by atoms with Crippen molar-refractivity contribution in [2.24, 2.45) is 0 Å². The third-order valence-corrected chi connectivity index (χ3v) is 2.23. The molecule has 15 heavy (non-hydrogen) atoms. The average Bonchev–Trinajstić information content (AvgIpc) is 2.10. The number of aliphatic hydroxyl groups excluding tert-OH is 1. The van der Waals surface area contributed by atoms with Crippen molar-refractivity contribution in [1.29, 1.82) is 0 Å². The Kier molecular flexibility index (Phi) is 3.71. The lowest BCUT2D eigenvalue weighted by atomic mass is 10.0. The molecule has 0 amide bonds. The molecule has 0 saturated carbocycles. The Morgan fingerprint density at radius 3 is 2.87 bits per heavy atom. The average molecular weight is 231 g/mol. The fourth-order valence-corrected chi connectivity index (χ4v) is 1.27. The number of nitrogens with zero attached hydrogens (tertiary/aromatic N) is 2. The SMILES string of the molecule is CC(C)(CCO)Nc1nc(N)ncc1Cl. The van der Waals surface area contributed by atoms with Gasteiger partial charge >= 0.3 is 0 Å². The lowest BCUT2D eigenvalue weighted by molar-refractivity contribution is 0.260. The molecule has 0 aliphatic rings. The second kappa shape index (κ2) is 4.63. The van der Waals surface area contributed by atoms with E-state index in [2.05, 4.69) is 15.3 Å². The van der Waals surface area contributed by atoms with E-state index < -0.39 is 0 Å². The van der Waals surface area contributed by atoms with Gasteiger partial charge in [-0.2, -0.15) is 4.98 Å². The summed E-state index contributed by atoms with van der Waals surface area (Å²) in [6, 6.07) is 0. The van der Waals surface area contributed by atoms with Gasteiger partial charge in [-0.15, -0.1) is 0 Å². The van der Waals surface area contributed by atoms with E-state index in [1.165, 1.54) is 6.20 Å². The van der Waals surface area contributed by atoms with Gasteiger partial charge < -0.3 is 16.2 Å². The monoisotopic (exact) mass is 230 g/mol. The molecular weight excluding hydrogens is 216 g/mol. The minimum absolute atomic E-state index is 0.0954. The number of hydrogen-bond acceptors (Lipinski definition) is 5. The molecule has 0 atom stereocenters. The Morgan fingerprint density at radius 2 is 2.27 bits per heavy atom. The molecule has 0 fully saturated rings. The molecule has 6 heteroatoms. The van der Waals surface area contributed by atoms with Crippen molar-refractivity contribution in [2.75, 3.05) is 17.7 Å². The molecule has 84 valence electrons. The molecule has 0 aromatic carbocycles. The highest BCUT2D eigenvalue weighted by Gasteiger charge is 2.18. The van der Waals surface area contributed by atoms with Crippen LogP contribution in [-0.2, 0) is 0 Å². The zero-order valence-corrected chi connectivity index (χ0v) is 9.54. The first kappa shape index (κ1) is 12.0. The molecule has 1 aromatic rings. The summed E-state index contributed by atoms with van der Waals surface area (Å²) in [5.41, 5.74) is 5.16. The summed E-state index contributed by atoms with van der Waals surface area (Å²) in [7, 11) is 0. The first-order valence-corrected chi connectivity index (χ1v) is 4.99. The Morgan fingerprint density at radius 1 is 1.60 bits per heavy atom. The van der Waals surface area contributed by atoms with Gasteiger partial charge in [0.05, 0.1) is 6.20 Å². The Balaban J connectivity index is 2.83. The zero-order chi connectivity index (χ0) is 11.5. The molecule has 0 saturated heterocycles. The number of nitrogen functional groups attached to an aromatic ring is 1. The van der Waals surface area contributed by atoms with Gasteiger partial charge in [0.15, 0.2) is 5.82 Å². The van der Waals surface area contributed by atoms with Crippen LogP contribution >= 0.6 is 11.6 Å². The first-order valence-electron chi connectivity index (χ1n) is 4.62. The summed E-state index contributed by atoms with van der Waals surface area (Å²) < 4.78 is 0. The quantitative estimate of drug-likeness (QED) is 0.726. The molecule has 0 radical (unpaired) electrons. The van der Waals surface area contributed by atoms with Gasteiger partial charge in [-0.1, -0.05) is 11.6 Å². The molecular formula is C9H15ClN4O. The number of rotatable bonds is 4. The van der Waals surface area contributed by atoms with Crippen LogP contribution in [0.15, 0.2) is 6.20 Å². The standard InChI is InChI=1S/C9H15ClN4O/c1-9(2,3-4-15)14-7-6(10)5-12-8(11)13-7/h5,15H,3-4H2,1-2H3,(H3,11,12,13,14). The van der Waals surface area contributed by atoms with Crippen LogP contribution in [0, 0.1) is 0 Å². The number of aromatic nitrogens is 2. The Hall–Kier alpha value is -1.07. The largest absolute Gasteiger partial charge is 0.396 e. The Bertz CT molecular complexity index is 343. The summed E-state index contributed by atoms with van der Waals surface area (Å²) in [6.45, 7) is 3.98. The first-order chi connectivity index (χ1) is 6.94. The van der Waals surface area contributed by atoms with E-state index in [-0.39, 0.29) is 18.1 Å². The summed E-state index contributed by atoms with van der Waals surface area (Å²) in [5, 5.41) is 12.4. The smallest absolute Gasteiger partial charge is 0.222 e. The van der Waals surface area contributed by atoms with E-state index >= 15 is 0 Å². The van der Waals surface area contributed by atoms with Crippen LogP contribution in [0.4, 0.5) is 11.8 Å². The van der Waals surface area contributed by atoms with Crippen LogP contribution in [0.25, 0.3) is 0 Å². The molecule has 0 unspecified atom stereocenters. The second-order valence-corrected chi connectivity index (χ2v) is 4.31. The number of anilines is 2. The minimum atomic E-state index is -0.292. The van der Waals surface area contributed by atoms with Crippen molar-refractivity contribution in [3.63, 3.8) is 0 Å². The number of hydrogen-bond donors (Lipinski definition) is 3. The van der Waals surface area contributed by atoms with Gasteiger partial charge in [-0.3, -0.25) is 0 Å². The van der Waals surface area contributed by atoms with E-state index in [0.717, 1.165) is 0 Å². The molecule has 0 aliphatic carbocycles. The fraction of sp³-hybridized carbons (Fsp3) is 0.556. The predicted octanol–water partition coefficient (Wildman–Crippen LogP) is 1.29. The molecule has 1 rings (SSSR count). The minimum Gasteiger partial charge on any atom is -0.396 e. The summed E-state index contributed by atoms with van der Waals surface area (Å²) in [6.07, 6.45) is 2.04. The van der Waals surface area contributed by atoms with Crippen LogP contribution in [0.5, 0.6) is 0 Å². The van der Waals surface area contributed by atoms with E-state index in [1.807, 2.05) is 13.8 Å². The van der Waals surface area contributed by atoms with Crippen molar-refractivity contribution < 1.29 is 5.11 Å². The van der Waals surface area contributed by atoms with Gasteiger partial charge in [0.25, 0.3) is 0 Å². The third-order valence-electron chi connectivity index (χ3n) is 1.96. The summed E-state index contributed by atoms with van der Waals surface area (Å²) >= 11 is 5.90. The highest BCUT2D eigenvalue weighted by molar-refractivity contribution is 6.32. The maximum absolute atomic E-state index is 8.87. The molecule has 5 nitrogen and oxygen atoms in total. The van der Waals surface area contributed by atoms with Crippen LogP contribution < -0.4 is 11.1 Å². The number of halogens is 1. The van der Waals surface area contributed by atoms with Crippen molar-refractivity contribution in [3.8, 4) is 0 Å². The summed E-state index contributed by atoms with van der Waals surface area (Å²) in [5.74, 6) is 0.657. The highest BCUT2D eigenvalue weighted by atomic mass is 35.5. The van der Waals surface area contributed by atoms with Crippen LogP contribution in [0.3, 0.4) is 0 Å². The van der Waals surface area contributed by atoms with Crippen molar-refractivity contribution in [2.45, 2.75) is 25.8 Å².